The lowest BCUT2D eigenvalue weighted by molar-refractivity contribution is -0.00677. The number of aliphatic hydroxyl groups excluding tert-OH is 1. The fraction of sp³-hybridized carbons (Fsp3) is 0.500. The molecule has 2 rings (SSSR count). The van der Waals surface area contributed by atoms with Crippen LogP contribution in [0.1, 0.15) is 6.23 Å². The summed E-state index contributed by atoms with van der Waals surface area (Å²) in [6.45, 7) is -0.152. The first-order valence-electron chi connectivity index (χ1n) is 4.54. The molecule has 6 nitrogen and oxygen atoms in total. The van der Waals surface area contributed by atoms with Crippen molar-refractivity contribution in [2.45, 2.75) is 11.7 Å². The van der Waals surface area contributed by atoms with Gasteiger partial charge >= 0.3 is 5.69 Å². The first kappa shape index (κ1) is 11.4. The number of nitrogen functional groups attached to an aromatic ring is 1. The zero-order valence-corrected chi connectivity index (χ0v) is 8.98. The minimum atomic E-state index is -0.763. The van der Waals surface area contributed by atoms with E-state index in [-0.39, 0.29) is 6.61 Å². The van der Waals surface area contributed by atoms with Gasteiger partial charge in [-0.1, -0.05) is 0 Å². The summed E-state index contributed by atoms with van der Waals surface area (Å²) in [7, 11) is 0. The van der Waals surface area contributed by atoms with E-state index in [9.17, 15) is 9.18 Å². The van der Waals surface area contributed by atoms with E-state index in [4.69, 9.17) is 15.6 Å². The lowest BCUT2D eigenvalue weighted by Gasteiger charge is -2.13. The summed E-state index contributed by atoms with van der Waals surface area (Å²) in [6.07, 6.45) is 0.354. The molecule has 1 aliphatic rings. The molecular weight excluding hydrogens is 237 g/mol. The lowest BCUT2D eigenvalue weighted by atomic mass is 10.5. The second kappa shape index (κ2) is 4.40. The molecule has 0 spiro atoms. The maximum Gasteiger partial charge on any atom is 0.351 e. The van der Waals surface area contributed by atoms with Gasteiger partial charge in [0.2, 0.25) is 0 Å². The third kappa shape index (κ3) is 2.04. The molecule has 0 unspecified atom stereocenters. The molecule has 2 heterocycles. The second-order valence-corrected chi connectivity index (χ2v) is 4.39. The third-order valence-corrected chi connectivity index (χ3v) is 3.24. The molecule has 1 aromatic heterocycles. The Morgan fingerprint density at radius 3 is 3.19 bits per heavy atom. The molecule has 0 amide bonds. The van der Waals surface area contributed by atoms with Gasteiger partial charge in [0.1, 0.15) is 11.7 Å². The number of halogens is 1. The Morgan fingerprint density at radius 1 is 1.81 bits per heavy atom. The van der Waals surface area contributed by atoms with Crippen LogP contribution < -0.4 is 11.4 Å². The molecule has 16 heavy (non-hydrogen) atoms. The number of anilines is 1. The first-order chi connectivity index (χ1) is 7.61. The van der Waals surface area contributed by atoms with Crippen LogP contribution in [0.3, 0.4) is 0 Å². The Labute approximate surface area is 94.2 Å². The van der Waals surface area contributed by atoms with Crippen molar-refractivity contribution >= 4 is 17.6 Å². The predicted molar refractivity (Wildman–Crippen MR) is 56.3 cm³/mol. The van der Waals surface area contributed by atoms with Crippen molar-refractivity contribution < 1.29 is 14.2 Å². The van der Waals surface area contributed by atoms with E-state index in [1.54, 1.807) is 0 Å². The van der Waals surface area contributed by atoms with Gasteiger partial charge in [-0.3, -0.25) is 4.57 Å². The molecule has 2 atom stereocenters. The SMILES string of the molecule is Nc1nc(=O)n([C@H]2CS[C@H](CO)O2)cc1F. The van der Waals surface area contributed by atoms with Crippen molar-refractivity contribution in [1.29, 1.82) is 0 Å². The number of hydrogen-bond acceptors (Lipinski definition) is 6. The van der Waals surface area contributed by atoms with E-state index in [1.165, 1.54) is 11.8 Å². The minimum Gasteiger partial charge on any atom is -0.393 e. The highest BCUT2D eigenvalue weighted by Gasteiger charge is 2.27. The van der Waals surface area contributed by atoms with Crippen LogP contribution in [0.25, 0.3) is 0 Å². The molecule has 0 aromatic carbocycles. The minimum absolute atomic E-state index is 0.152. The summed E-state index contributed by atoms with van der Waals surface area (Å²) in [5, 5.41) is 8.86. The highest BCUT2D eigenvalue weighted by Crippen LogP contribution is 2.30. The number of ether oxygens (including phenoxy) is 1. The van der Waals surface area contributed by atoms with Crippen LogP contribution in [-0.4, -0.2) is 32.5 Å². The molecule has 0 radical (unpaired) electrons. The average molecular weight is 247 g/mol. The largest absolute Gasteiger partial charge is 0.393 e. The van der Waals surface area contributed by atoms with Crippen molar-refractivity contribution in [1.82, 2.24) is 9.55 Å². The zero-order chi connectivity index (χ0) is 11.7. The predicted octanol–water partition coefficient (Wildman–Crippen LogP) is -0.455. The fourth-order valence-corrected chi connectivity index (χ4v) is 2.28. The Kier molecular flexibility index (Phi) is 3.13. The molecule has 88 valence electrons. The molecule has 0 bridgehead atoms. The quantitative estimate of drug-likeness (QED) is 0.735. The van der Waals surface area contributed by atoms with E-state index in [0.29, 0.717) is 5.75 Å². The van der Waals surface area contributed by atoms with Gasteiger partial charge in [0.05, 0.1) is 12.8 Å². The standard InChI is InChI=1S/C8H10FN3O3S/c9-4-1-12(8(14)11-7(4)10)5-3-16-6(2-13)15-5/h1,5-6,13H,2-3H2,(H2,10,11,14)/t5-,6-/m1/s1. The Balaban J connectivity index is 2.28. The molecule has 0 aliphatic carbocycles. The Morgan fingerprint density at radius 2 is 2.56 bits per heavy atom. The van der Waals surface area contributed by atoms with Crippen molar-refractivity contribution in [3.63, 3.8) is 0 Å². The zero-order valence-electron chi connectivity index (χ0n) is 8.17. The Hall–Kier alpha value is -1.12. The molecular formula is C8H10FN3O3S. The summed E-state index contributed by atoms with van der Waals surface area (Å²) in [5.41, 5.74) is 4.10. The number of aliphatic hydroxyl groups is 1. The van der Waals surface area contributed by atoms with Crippen LogP contribution >= 0.6 is 11.8 Å². The topological polar surface area (TPSA) is 90.4 Å². The van der Waals surface area contributed by atoms with Crippen molar-refractivity contribution in [3.8, 4) is 0 Å². The van der Waals surface area contributed by atoms with Crippen LogP contribution in [0.5, 0.6) is 0 Å². The highest BCUT2D eigenvalue weighted by atomic mass is 32.2. The van der Waals surface area contributed by atoms with E-state index < -0.39 is 29.0 Å². The van der Waals surface area contributed by atoms with Crippen molar-refractivity contribution in [3.05, 3.63) is 22.5 Å². The summed E-state index contributed by atoms with van der Waals surface area (Å²) >= 11 is 1.35. The van der Waals surface area contributed by atoms with Gasteiger partial charge in [0.15, 0.2) is 11.6 Å². The number of aromatic nitrogens is 2. The summed E-state index contributed by atoms with van der Waals surface area (Å²) in [6, 6.07) is 0. The number of nitrogens with two attached hydrogens (primary N) is 1. The van der Waals surface area contributed by atoms with Crippen LogP contribution in [-0.2, 0) is 4.74 Å². The molecule has 8 heteroatoms. The molecule has 1 saturated heterocycles. The van der Waals surface area contributed by atoms with Gasteiger partial charge in [-0.15, -0.1) is 11.8 Å². The maximum atomic E-state index is 13.1. The number of hydrogen-bond donors (Lipinski definition) is 2. The van der Waals surface area contributed by atoms with Crippen LogP contribution in [0.2, 0.25) is 0 Å². The van der Waals surface area contributed by atoms with E-state index in [1.807, 2.05) is 0 Å². The van der Waals surface area contributed by atoms with Gasteiger partial charge in [-0.05, 0) is 0 Å². The van der Waals surface area contributed by atoms with Crippen molar-refractivity contribution in [2.75, 3.05) is 18.1 Å². The van der Waals surface area contributed by atoms with Gasteiger partial charge < -0.3 is 15.6 Å². The lowest BCUT2D eigenvalue weighted by Crippen LogP contribution is -2.29. The summed E-state index contributed by atoms with van der Waals surface area (Å²) < 4.78 is 19.5. The van der Waals surface area contributed by atoms with Gasteiger partial charge in [-0.2, -0.15) is 4.98 Å². The highest BCUT2D eigenvalue weighted by molar-refractivity contribution is 8.00. The fourth-order valence-electron chi connectivity index (χ4n) is 1.35. The van der Waals surface area contributed by atoms with Crippen LogP contribution in [0.4, 0.5) is 10.2 Å². The molecule has 0 saturated carbocycles. The normalized spacial score (nSPS) is 24.9. The smallest absolute Gasteiger partial charge is 0.351 e. The Bertz CT molecular complexity index is 453. The third-order valence-electron chi connectivity index (χ3n) is 2.13. The monoisotopic (exact) mass is 247 g/mol. The van der Waals surface area contributed by atoms with Gasteiger partial charge in [-0.25, -0.2) is 9.18 Å². The molecule has 3 N–H and O–H groups in total. The van der Waals surface area contributed by atoms with E-state index >= 15 is 0 Å². The first-order valence-corrected chi connectivity index (χ1v) is 5.58. The van der Waals surface area contributed by atoms with Crippen molar-refractivity contribution in [2.24, 2.45) is 0 Å². The molecule has 1 fully saturated rings. The summed E-state index contributed by atoms with van der Waals surface area (Å²) in [5.74, 6) is -0.734. The van der Waals surface area contributed by atoms with E-state index in [0.717, 1.165) is 10.8 Å². The second-order valence-electron chi connectivity index (χ2n) is 3.20. The molecule has 1 aromatic rings. The van der Waals surface area contributed by atoms with Gasteiger partial charge in [0, 0.05) is 5.75 Å². The average Bonchev–Trinajstić information content (AvgIpc) is 2.71. The maximum absolute atomic E-state index is 13.1. The number of rotatable bonds is 2. The number of nitrogens with zero attached hydrogens (tertiary/aromatic N) is 2. The van der Waals surface area contributed by atoms with Gasteiger partial charge in [0.25, 0.3) is 0 Å². The van der Waals surface area contributed by atoms with E-state index in [2.05, 4.69) is 4.98 Å². The molecule has 1 aliphatic heterocycles. The number of thioether (sulfide) groups is 1. The summed E-state index contributed by atoms with van der Waals surface area (Å²) in [4.78, 5) is 14.8. The van der Waals surface area contributed by atoms with Crippen LogP contribution in [0, 0.1) is 5.82 Å². The van der Waals surface area contributed by atoms with Crippen LogP contribution in [0.15, 0.2) is 11.0 Å².